The van der Waals surface area contributed by atoms with Gasteiger partial charge >= 0.3 is 0 Å². The number of aliphatic hydroxyl groups is 1. The predicted molar refractivity (Wildman–Crippen MR) is 145 cm³/mol. The number of guanidine groups is 1. The van der Waals surface area contributed by atoms with Gasteiger partial charge in [0.05, 0.1) is 18.8 Å². The lowest BCUT2D eigenvalue weighted by Crippen LogP contribution is -2.39. The maximum absolute atomic E-state index is 11.7. The summed E-state index contributed by atoms with van der Waals surface area (Å²) in [6, 6.07) is 15.2. The van der Waals surface area contributed by atoms with Gasteiger partial charge < -0.3 is 25.8 Å². The van der Waals surface area contributed by atoms with Crippen molar-refractivity contribution in [2.24, 2.45) is 4.99 Å². The SMILES string of the molecule is CCCC(=O)Nc1ccc(CN=C(NCC)NCC(O)c2cccc(OC(C)C)c2)cc1.I. The minimum Gasteiger partial charge on any atom is -0.491 e. The summed E-state index contributed by atoms with van der Waals surface area (Å²) in [6.07, 6.45) is 0.727. The Kier molecular flexibility index (Phi) is 13.5. The van der Waals surface area contributed by atoms with E-state index in [0.717, 1.165) is 29.0 Å². The molecule has 8 heteroatoms. The molecule has 0 aliphatic heterocycles. The third-order valence-corrected chi connectivity index (χ3v) is 4.56. The van der Waals surface area contributed by atoms with Crippen LogP contribution in [-0.2, 0) is 11.3 Å². The summed E-state index contributed by atoms with van der Waals surface area (Å²) >= 11 is 0. The first-order chi connectivity index (χ1) is 15.4. The molecule has 182 valence electrons. The van der Waals surface area contributed by atoms with Gasteiger partial charge in [0.2, 0.25) is 5.91 Å². The number of benzene rings is 2. The van der Waals surface area contributed by atoms with Crippen LogP contribution in [0.3, 0.4) is 0 Å². The molecule has 0 aliphatic carbocycles. The molecule has 0 saturated heterocycles. The number of ether oxygens (including phenoxy) is 1. The highest BCUT2D eigenvalue weighted by atomic mass is 127. The average Bonchev–Trinajstić information content (AvgIpc) is 2.76. The number of aliphatic hydroxyl groups excluding tert-OH is 1. The number of carbonyl (C=O) groups is 1. The number of halogens is 1. The summed E-state index contributed by atoms with van der Waals surface area (Å²) in [6.45, 7) is 9.43. The molecule has 2 rings (SSSR count). The van der Waals surface area contributed by atoms with Gasteiger partial charge in [-0.2, -0.15) is 0 Å². The predicted octanol–water partition coefficient (Wildman–Crippen LogP) is 4.62. The fraction of sp³-hybridized carbons (Fsp3) is 0.440. The first-order valence-electron chi connectivity index (χ1n) is 11.3. The van der Waals surface area contributed by atoms with Gasteiger partial charge in [0.1, 0.15) is 5.75 Å². The number of nitrogens with zero attached hydrogens (tertiary/aromatic N) is 1. The molecule has 0 radical (unpaired) electrons. The van der Waals surface area contributed by atoms with E-state index in [1.54, 1.807) is 0 Å². The van der Waals surface area contributed by atoms with Crippen molar-refractivity contribution in [2.75, 3.05) is 18.4 Å². The van der Waals surface area contributed by atoms with Crippen molar-refractivity contribution >= 4 is 41.5 Å². The molecule has 0 saturated carbocycles. The first kappa shape index (κ1) is 28.7. The molecule has 4 N–H and O–H groups in total. The van der Waals surface area contributed by atoms with Gasteiger partial charge in [-0.15, -0.1) is 24.0 Å². The van der Waals surface area contributed by atoms with Crippen LogP contribution in [-0.4, -0.2) is 36.2 Å². The van der Waals surface area contributed by atoms with Crippen LogP contribution in [0.2, 0.25) is 0 Å². The third-order valence-electron chi connectivity index (χ3n) is 4.56. The Morgan fingerprint density at radius 3 is 2.45 bits per heavy atom. The van der Waals surface area contributed by atoms with E-state index in [9.17, 15) is 9.90 Å². The number of nitrogens with one attached hydrogen (secondary N) is 3. The number of carbonyl (C=O) groups excluding carboxylic acids is 1. The molecule has 0 aliphatic rings. The van der Waals surface area contributed by atoms with Crippen LogP contribution in [0.4, 0.5) is 5.69 Å². The van der Waals surface area contributed by atoms with Crippen LogP contribution in [0.25, 0.3) is 0 Å². The van der Waals surface area contributed by atoms with Crippen LogP contribution >= 0.6 is 24.0 Å². The van der Waals surface area contributed by atoms with E-state index in [0.29, 0.717) is 32.0 Å². The van der Waals surface area contributed by atoms with Gasteiger partial charge in [0, 0.05) is 25.2 Å². The van der Waals surface area contributed by atoms with E-state index < -0.39 is 6.10 Å². The smallest absolute Gasteiger partial charge is 0.224 e. The molecule has 1 amide bonds. The maximum atomic E-state index is 11.7. The summed E-state index contributed by atoms with van der Waals surface area (Å²) in [4.78, 5) is 16.3. The van der Waals surface area contributed by atoms with Crippen LogP contribution < -0.4 is 20.7 Å². The zero-order valence-corrected chi connectivity index (χ0v) is 22.3. The Hall–Kier alpha value is -2.33. The largest absolute Gasteiger partial charge is 0.491 e. The van der Waals surface area contributed by atoms with Gasteiger partial charge in [-0.05, 0) is 62.6 Å². The highest BCUT2D eigenvalue weighted by molar-refractivity contribution is 14.0. The van der Waals surface area contributed by atoms with Crippen molar-refractivity contribution in [2.45, 2.75) is 59.3 Å². The maximum Gasteiger partial charge on any atom is 0.224 e. The molecule has 2 aromatic carbocycles. The van der Waals surface area contributed by atoms with Crippen molar-refractivity contribution in [3.05, 3.63) is 59.7 Å². The van der Waals surface area contributed by atoms with Gasteiger partial charge in [0.15, 0.2) is 5.96 Å². The molecular weight excluding hydrogens is 531 g/mol. The molecule has 0 aromatic heterocycles. The van der Waals surface area contributed by atoms with Crippen LogP contribution in [0.5, 0.6) is 5.75 Å². The van der Waals surface area contributed by atoms with Gasteiger partial charge in [-0.25, -0.2) is 4.99 Å². The van der Waals surface area contributed by atoms with Gasteiger partial charge in [-0.3, -0.25) is 4.79 Å². The number of aliphatic imine (C=N–C) groups is 1. The fourth-order valence-corrected chi connectivity index (χ4v) is 3.03. The zero-order valence-electron chi connectivity index (χ0n) is 19.9. The Labute approximate surface area is 214 Å². The fourth-order valence-electron chi connectivity index (χ4n) is 3.03. The van der Waals surface area contributed by atoms with E-state index in [2.05, 4.69) is 20.9 Å². The molecule has 0 bridgehead atoms. The summed E-state index contributed by atoms with van der Waals surface area (Å²) in [5.74, 6) is 1.39. The Morgan fingerprint density at radius 1 is 1.09 bits per heavy atom. The van der Waals surface area contributed by atoms with E-state index in [1.165, 1.54) is 0 Å². The Bertz CT molecular complexity index is 872. The lowest BCUT2D eigenvalue weighted by molar-refractivity contribution is -0.116. The third kappa shape index (κ3) is 10.9. The quantitative estimate of drug-likeness (QED) is 0.180. The number of anilines is 1. The van der Waals surface area contributed by atoms with Gasteiger partial charge in [-0.1, -0.05) is 31.2 Å². The molecule has 0 spiro atoms. The van der Waals surface area contributed by atoms with Crippen molar-refractivity contribution in [1.82, 2.24) is 10.6 Å². The molecular formula is C25H37IN4O3. The topological polar surface area (TPSA) is 95.0 Å². The number of hydrogen-bond acceptors (Lipinski definition) is 4. The lowest BCUT2D eigenvalue weighted by atomic mass is 10.1. The van der Waals surface area contributed by atoms with Crippen LogP contribution in [0.15, 0.2) is 53.5 Å². The Morgan fingerprint density at radius 2 is 1.82 bits per heavy atom. The van der Waals surface area contributed by atoms with Crippen LogP contribution in [0.1, 0.15) is 57.8 Å². The minimum atomic E-state index is -0.694. The summed E-state index contributed by atoms with van der Waals surface area (Å²) in [5, 5.41) is 19.9. The summed E-state index contributed by atoms with van der Waals surface area (Å²) < 4.78 is 5.71. The summed E-state index contributed by atoms with van der Waals surface area (Å²) in [5.41, 5.74) is 2.59. The normalized spacial score (nSPS) is 12.0. The van der Waals surface area contributed by atoms with Crippen molar-refractivity contribution < 1.29 is 14.6 Å². The molecule has 7 nitrogen and oxygen atoms in total. The monoisotopic (exact) mass is 568 g/mol. The number of rotatable bonds is 11. The number of hydrogen-bond donors (Lipinski definition) is 4. The van der Waals surface area contributed by atoms with E-state index in [-0.39, 0.29) is 36.0 Å². The second-order valence-electron chi connectivity index (χ2n) is 7.83. The highest BCUT2D eigenvalue weighted by Crippen LogP contribution is 2.20. The summed E-state index contributed by atoms with van der Waals surface area (Å²) in [7, 11) is 0. The molecule has 33 heavy (non-hydrogen) atoms. The molecule has 1 atom stereocenters. The molecule has 1 unspecified atom stereocenters. The van der Waals surface area contributed by atoms with Crippen molar-refractivity contribution in [1.29, 1.82) is 0 Å². The second-order valence-corrected chi connectivity index (χ2v) is 7.83. The molecule has 0 heterocycles. The van der Waals surface area contributed by atoms with Crippen molar-refractivity contribution in [3.8, 4) is 5.75 Å². The van der Waals surface area contributed by atoms with Gasteiger partial charge in [0.25, 0.3) is 0 Å². The minimum absolute atomic E-state index is 0. The van der Waals surface area contributed by atoms with Crippen molar-refractivity contribution in [3.63, 3.8) is 0 Å². The first-order valence-corrected chi connectivity index (χ1v) is 11.3. The highest BCUT2D eigenvalue weighted by Gasteiger charge is 2.10. The second kappa shape index (κ2) is 15.5. The average molecular weight is 569 g/mol. The van der Waals surface area contributed by atoms with E-state index in [1.807, 2.05) is 76.2 Å². The Balaban J connectivity index is 0.00000544. The van der Waals surface area contributed by atoms with Crippen LogP contribution in [0, 0.1) is 0 Å². The number of amides is 1. The molecule has 2 aromatic rings. The standard InChI is InChI=1S/C25H36N4O3.HI/c1-5-8-24(31)29-21-13-11-19(12-14-21)16-27-25(26-6-2)28-17-23(30)20-9-7-10-22(15-20)32-18(3)4;/h7,9-15,18,23,30H,5-6,8,16-17H2,1-4H3,(H,29,31)(H2,26,27,28);1H. The zero-order chi connectivity index (χ0) is 23.3. The van der Waals surface area contributed by atoms with E-state index >= 15 is 0 Å². The lowest BCUT2D eigenvalue weighted by Gasteiger charge is -2.17. The van der Waals surface area contributed by atoms with E-state index in [4.69, 9.17) is 4.74 Å². The molecule has 0 fully saturated rings.